The molecule has 0 saturated heterocycles. The zero-order chi connectivity index (χ0) is 25.5. The molecule has 1 aliphatic carbocycles. The van der Waals surface area contributed by atoms with Gasteiger partial charge in [0.1, 0.15) is 16.9 Å². The smallest absolute Gasteiger partial charge is 0.159 e. The fraction of sp³-hybridized carbons (Fsp3) is 0.212. The van der Waals surface area contributed by atoms with E-state index in [1.54, 1.807) is 0 Å². The molecule has 0 amide bonds. The van der Waals surface area contributed by atoms with Gasteiger partial charge in [0.15, 0.2) is 5.58 Å². The molecule has 3 aromatic carbocycles. The lowest BCUT2D eigenvalue weighted by atomic mass is 10.1. The van der Waals surface area contributed by atoms with Crippen LogP contribution in [0.5, 0.6) is 0 Å². The van der Waals surface area contributed by atoms with E-state index in [9.17, 15) is 0 Å². The topological polar surface area (TPSA) is 31.2 Å². The van der Waals surface area contributed by atoms with E-state index in [1.807, 2.05) is 0 Å². The van der Waals surface area contributed by atoms with Crippen LogP contribution in [0.3, 0.4) is 0 Å². The fourth-order valence-electron chi connectivity index (χ4n) is 6.17. The maximum atomic E-state index is 6.80. The SMILES string of the molecule is C/C=C\c1c(C)oc2c1ccc1c2c2c(n1-c1cccc3c1oc1c([Si](C)(C)C)cccc13)=CCCC=2. The summed E-state index contributed by atoms with van der Waals surface area (Å²) in [5, 5.41) is 8.61. The first kappa shape index (κ1) is 22.4. The Kier molecular flexibility index (Phi) is 4.77. The van der Waals surface area contributed by atoms with Gasteiger partial charge in [-0.05, 0) is 50.1 Å². The molecule has 0 bridgehead atoms. The van der Waals surface area contributed by atoms with Crippen molar-refractivity contribution in [2.45, 2.75) is 46.3 Å². The molecular weight excluding hydrogens is 470 g/mol. The van der Waals surface area contributed by atoms with Crippen molar-refractivity contribution in [1.29, 1.82) is 0 Å². The van der Waals surface area contributed by atoms with Crippen molar-refractivity contribution in [3.8, 4) is 5.69 Å². The Hall–Kier alpha value is -3.76. The fourth-order valence-corrected chi connectivity index (χ4v) is 7.64. The molecule has 0 N–H and O–H groups in total. The van der Waals surface area contributed by atoms with Gasteiger partial charge in [-0.2, -0.15) is 0 Å². The number of hydrogen-bond acceptors (Lipinski definition) is 2. The van der Waals surface area contributed by atoms with Crippen LogP contribution in [0.25, 0.3) is 67.7 Å². The van der Waals surface area contributed by atoms with Crippen molar-refractivity contribution in [2.75, 3.05) is 0 Å². The molecule has 6 aromatic rings. The largest absolute Gasteiger partial charge is 0.460 e. The van der Waals surface area contributed by atoms with Crippen molar-refractivity contribution in [2.24, 2.45) is 0 Å². The molecule has 184 valence electrons. The number of allylic oxidation sites excluding steroid dienone is 1. The highest BCUT2D eigenvalue weighted by Gasteiger charge is 2.24. The maximum absolute atomic E-state index is 6.80. The Morgan fingerprint density at radius 3 is 2.35 bits per heavy atom. The van der Waals surface area contributed by atoms with Crippen molar-refractivity contribution < 1.29 is 8.83 Å². The van der Waals surface area contributed by atoms with E-state index in [-0.39, 0.29) is 0 Å². The number of benzene rings is 3. The summed E-state index contributed by atoms with van der Waals surface area (Å²) < 4.78 is 15.7. The lowest BCUT2D eigenvalue weighted by Crippen LogP contribution is -2.37. The number of aromatic nitrogens is 1. The lowest BCUT2D eigenvalue weighted by Gasteiger charge is -2.16. The molecule has 37 heavy (non-hydrogen) atoms. The van der Waals surface area contributed by atoms with E-state index in [0.717, 1.165) is 46.6 Å². The molecule has 0 atom stereocenters. The second-order valence-electron chi connectivity index (χ2n) is 11.2. The Morgan fingerprint density at radius 1 is 0.811 bits per heavy atom. The van der Waals surface area contributed by atoms with Gasteiger partial charge in [0, 0.05) is 26.9 Å². The molecule has 0 fully saturated rings. The predicted octanol–water partition coefficient (Wildman–Crippen LogP) is 7.52. The van der Waals surface area contributed by atoms with Gasteiger partial charge >= 0.3 is 0 Å². The van der Waals surface area contributed by atoms with Crippen LogP contribution >= 0.6 is 0 Å². The molecule has 0 aliphatic heterocycles. The molecule has 0 spiro atoms. The number of nitrogens with zero attached hydrogens (tertiary/aromatic N) is 1. The third-order valence-electron chi connectivity index (χ3n) is 7.83. The molecule has 3 heterocycles. The zero-order valence-electron chi connectivity index (χ0n) is 22.1. The van der Waals surface area contributed by atoms with Crippen LogP contribution in [0.1, 0.15) is 31.1 Å². The number of para-hydroxylation sites is 2. The Bertz CT molecular complexity index is 2040. The minimum absolute atomic E-state index is 0.951. The zero-order valence-corrected chi connectivity index (χ0v) is 23.1. The number of rotatable bonds is 3. The van der Waals surface area contributed by atoms with Crippen LogP contribution in [0.15, 0.2) is 63.4 Å². The molecule has 3 nitrogen and oxygen atoms in total. The van der Waals surface area contributed by atoms with Crippen LogP contribution in [-0.2, 0) is 0 Å². The minimum atomic E-state index is -1.58. The summed E-state index contributed by atoms with van der Waals surface area (Å²) in [4.78, 5) is 0. The quantitative estimate of drug-likeness (QED) is 0.235. The Labute approximate surface area is 217 Å². The predicted molar refractivity (Wildman–Crippen MR) is 160 cm³/mol. The minimum Gasteiger partial charge on any atom is -0.460 e. The first-order valence-corrected chi connectivity index (χ1v) is 16.7. The Morgan fingerprint density at radius 2 is 1.57 bits per heavy atom. The first-order chi connectivity index (χ1) is 17.9. The number of aryl methyl sites for hydroxylation is 1. The van der Waals surface area contributed by atoms with Crippen LogP contribution < -0.4 is 15.8 Å². The van der Waals surface area contributed by atoms with Crippen LogP contribution in [0, 0.1) is 6.92 Å². The van der Waals surface area contributed by atoms with Crippen molar-refractivity contribution >= 4 is 75.3 Å². The lowest BCUT2D eigenvalue weighted by molar-refractivity contribution is 0.580. The second kappa shape index (κ2) is 7.87. The molecule has 3 aromatic heterocycles. The highest BCUT2D eigenvalue weighted by molar-refractivity contribution is 6.90. The Balaban J connectivity index is 1.64. The normalized spacial score (nSPS) is 14.2. The summed E-state index contributed by atoms with van der Waals surface area (Å²) in [5.74, 6) is 0.958. The highest BCUT2D eigenvalue weighted by Crippen LogP contribution is 2.36. The van der Waals surface area contributed by atoms with Gasteiger partial charge in [0.2, 0.25) is 0 Å². The molecule has 0 unspecified atom stereocenters. The first-order valence-electron chi connectivity index (χ1n) is 13.2. The summed E-state index contributed by atoms with van der Waals surface area (Å²) in [5.41, 5.74) is 6.38. The summed E-state index contributed by atoms with van der Waals surface area (Å²) in [6.45, 7) is 11.3. The molecule has 7 rings (SSSR count). The van der Waals surface area contributed by atoms with Crippen molar-refractivity contribution in [1.82, 2.24) is 4.57 Å². The van der Waals surface area contributed by atoms with E-state index >= 15 is 0 Å². The van der Waals surface area contributed by atoms with E-state index < -0.39 is 8.07 Å². The third kappa shape index (κ3) is 3.12. The van der Waals surface area contributed by atoms with Gasteiger partial charge in [-0.15, -0.1) is 0 Å². The van der Waals surface area contributed by atoms with E-state index in [1.165, 1.54) is 42.9 Å². The van der Waals surface area contributed by atoms with Gasteiger partial charge in [-0.25, -0.2) is 0 Å². The summed E-state index contributed by atoms with van der Waals surface area (Å²) in [6.07, 6.45) is 11.1. The maximum Gasteiger partial charge on any atom is 0.159 e. The number of fused-ring (bicyclic) bond motifs is 8. The van der Waals surface area contributed by atoms with Gasteiger partial charge in [0.25, 0.3) is 0 Å². The monoisotopic (exact) mass is 501 g/mol. The van der Waals surface area contributed by atoms with Crippen molar-refractivity contribution in [3.63, 3.8) is 0 Å². The third-order valence-corrected chi connectivity index (χ3v) is 9.84. The summed E-state index contributed by atoms with van der Waals surface area (Å²) >= 11 is 0. The van der Waals surface area contributed by atoms with Crippen LogP contribution in [0.4, 0.5) is 0 Å². The molecule has 0 radical (unpaired) electrons. The second-order valence-corrected chi connectivity index (χ2v) is 16.3. The van der Waals surface area contributed by atoms with Gasteiger partial charge in [-0.3, -0.25) is 0 Å². The average molecular weight is 502 g/mol. The summed E-state index contributed by atoms with van der Waals surface area (Å²) in [7, 11) is -1.58. The van der Waals surface area contributed by atoms with Gasteiger partial charge < -0.3 is 13.4 Å². The molecule has 4 heteroatoms. The van der Waals surface area contributed by atoms with E-state index in [4.69, 9.17) is 8.83 Å². The molecular formula is C33H31NO2Si. The van der Waals surface area contributed by atoms with Gasteiger partial charge in [-0.1, -0.05) is 74.3 Å². The van der Waals surface area contributed by atoms with Crippen molar-refractivity contribution in [3.05, 3.63) is 76.5 Å². The van der Waals surface area contributed by atoms with Crippen LogP contribution in [-0.4, -0.2) is 12.6 Å². The van der Waals surface area contributed by atoms with Gasteiger partial charge in [0.05, 0.1) is 30.0 Å². The highest BCUT2D eigenvalue weighted by atomic mass is 28.3. The van der Waals surface area contributed by atoms with E-state index in [2.05, 4.69) is 111 Å². The summed E-state index contributed by atoms with van der Waals surface area (Å²) in [6, 6.07) is 17.7. The number of hydrogen-bond donors (Lipinski definition) is 0. The standard InChI is InChI=1S/C33H31NO2Si/c1-6-11-21-20(2)35-33-24(21)18-19-27-30(33)25-12-7-8-15-26(25)34(27)28-16-9-13-22-23-14-10-17-29(37(3,4)5)32(23)36-31(22)28/h6,9-19H,7-8H2,1-5H3/b11-6-. The van der Waals surface area contributed by atoms with Crippen LogP contribution in [0.2, 0.25) is 19.6 Å². The average Bonchev–Trinajstić information content (AvgIpc) is 3.53. The van der Waals surface area contributed by atoms with E-state index in [0.29, 0.717) is 0 Å². The molecule has 1 aliphatic rings. The number of furan rings is 2. The molecule has 0 saturated carbocycles.